The van der Waals surface area contributed by atoms with E-state index in [2.05, 4.69) is 0 Å². The molecule has 0 heterocycles. The Labute approximate surface area is 95.9 Å². The Balaban J connectivity index is 3.03. The Morgan fingerprint density at radius 2 is 1.93 bits per heavy atom. The molecule has 0 bridgehead atoms. The van der Waals surface area contributed by atoms with Crippen LogP contribution >= 0.6 is 23.2 Å². The van der Waals surface area contributed by atoms with Crippen LogP contribution in [0.4, 0.5) is 0 Å². The zero-order valence-electron chi connectivity index (χ0n) is 8.60. The van der Waals surface area contributed by atoms with Gasteiger partial charge in [0.1, 0.15) is 5.88 Å². The number of hydrogen-bond acceptors (Lipinski definition) is 2. The van der Waals surface area contributed by atoms with Gasteiger partial charge in [-0.05, 0) is 19.8 Å². The molecule has 0 spiro atoms. The summed E-state index contributed by atoms with van der Waals surface area (Å²) in [6.07, 6.45) is 5.35. The van der Waals surface area contributed by atoms with E-state index in [1.807, 2.05) is 6.92 Å². The molecule has 0 aliphatic rings. The van der Waals surface area contributed by atoms with Crippen molar-refractivity contribution in [3.63, 3.8) is 0 Å². The molecule has 0 aromatic carbocycles. The summed E-state index contributed by atoms with van der Waals surface area (Å²) in [5.41, 5.74) is 0. The van der Waals surface area contributed by atoms with Gasteiger partial charge in [-0.3, -0.25) is 4.79 Å². The van der Waals surface area contributed by atoms with Crippen LogP contribution in [0.2, 0.25) is 0 Å². The Kier molecular flexibility index (Phi) is 9.63. The van der Waals surface area contributed by atoms with Crippen LogP contribution in [-0.4, -0.2) is 23.8 Å². The van der Waals surface area contributed by atoms with Crippen molar-refractivity contribution in [3.8, 4) is 0 Å². The van der Waals surface area contributed by atoms with Gasteiger partial charge in [0.15, 0.2) is 0 Å². The first kappa shape index (κ1) is 14.1. The van der Waals surface area contributed by atoms with E-state index in [0.717, 1.165) is 32.1 Å². The highest BCUT2D eigenvalue weighted by molar-refractivity contribution is 6.26. The molecule has 4 heteroatoms. The number of esters is 1. The largest absolute Gasteiger partial charge is 0.465 e. The molecule has 0 saturated carbocycles. The third-order valence-electron chi connectivity index (χ3n) is 1.87. The van der Waals surface area contributed by atoms with Gasteiger partial charge in [0, 0.05) is 5.38 Å². The van der Waals surface area contributed by atoms with Crippen LogP contribution < -0.4 is 0 Å². The fraction of sp³-hybridized carbons (Fsp3) is 0.900. The molecular formula is C10H18Cl2O2. The van der Waals surface area contributed by atoms with Crippen LogP contribution in [-0.2, 0) is 9.53 Å². The minimum absolute atomic E-state index is 0.0518. The van der Waals surface area contributed by atoms with Gasteiger partial charge >= 0.3 is 5.97 Å². The van der Waals surface area contributed by atoms with Gasteiger partial charge in [-0.2, -0.15) is 0 Å². The van der Waals surface area contributed by atoms with E-state index < -0.39 is 0 Å². The van der Waals surface area contributed by atoms with Crippen molar-refractivity contribution < 1.29 is 9.53 Å². The molecular weight excluding hydrogens is 223 g/mol. The summed E-state index contributed by atoms with van der Waals surface area (Å²) >= 11 is 11.1. The fourth-order valence-corrected chi connectivity index (χ4v) is 1.34. The van der Waals surface area contributed by atoms with Crippen LogP contribution in [0, 0.1) is 0 Å². The second-order valence-electron chi connectivity index (χ2n) is 3.34. The van der Waals surface area contributed by atoms with Crippen molar-refractivity contribution in [2.24, 2.45) is 0 Å². The van der Waals surface area contributed by atoms with Crippen LogP contribution in [0.1, 0.15) is 39.0 Å². The van der Waals surface area contributed by atoms with E-state index in [4.69, 9.17) is 27.9 Å². The van der Waals surface area contributed by atoms with Gasteiger partial charge in [-0.1, -0.05) is 19.3 Å². The SMILES string of the molecule is CC(Cl)CCCCCCOC(=O)CCl. The molecule has 84 valence electrons. The lowest BCUT2D eigenvalue weighted by molar-refractivity contribution is -0.140. The molecule has 0 aliphatic carbocycles. The average molecular weight is 241 g/mol. The van der Waals surface area contributed by atoms with Gasteiger partial charge in [-0.25, -0.2) is 0 Å². The maximum absolute atomic E-state index is 10.6. The van der Waals surface area contributed by atoms with Gasteiger partial charge in [0.25, 0.3) is 0 Å². The van der Waals surface area contributed by atoms with Gasteiger partial charge < -0.3 is 4.74 Å². The van der Waals surface area contributed by atoms with Crippen molar-refractivity contribution in [2.45, 2.75) is 44.4 Å². The molecule has 0 aromatic rings. The summed E-state index contributed by atoms with van der Waals surface area (Å²) in [5, 5.41) is 0.268. The molecule has 0 N–H and O–H groups in total. The second kappa shape index (κ2) is 9.60. The Morgan fingerprint density at radius 3 is 2.50 bits per heavy atom. The van der Waals surface area contributed by atoms with Crippen molar-refractivity contribution in [2.75, 3.05) is 12.5 Å². The molecule has 0 fully saturated rings. The molecule has 0 aromatic heterocycles. The zero-order chi connectivity index (χ0) is 10.8. The molecule has 0 aliphatic heterocycles. The van der Waals surface area contributed by atoms with Crippen molar-refractivity contribution in [1.82, 2.24) is 0 Å². The maximum Gasteiger partial charge on any atom is 0.320 e. The zero-order valence-corrected chi connectivity index (χ0v) is 10.1. The molecule has 14 heavy (non-hydrogen) atoms. The molecule has 0 saturated heterocycles. The molecule has 0 rings (SSSR count). The lowest BCUT2D eigenvalue weighted by atomic mass is 10.1. The molecule has 0 radical (unpaired) electrons. The normalized spacial score (nSPS) is 12.5. The van der Waals surface area contributed by atoms with Gasteiger partial charge in [-0.15, -0.1) is 23.2 Å². The van der Waals surface area contributed by atoms with Crippen LogP contribution in [0.3, 0.4) is 0 Å². The minimum Gasteiger partial charge on any atom is -0.465 e. The minimum atomic E-state index is -0.332. The first-order valence-electron chi connectivity index (χ1n) is 5.02. The van der Waals surface area contributed by atoms with E-state index in [9.17, 15) is 4.79 Å². The highest BCUT2D eigenvalue weighted by atomic mass is 35.5. The predicted octanol–water partition coefficient (Wildman–Crippen LogP) is 3.35. The van der Waals surface area contributed by atoms with Crippen LogP contribution in [0.5, 0.6) is 0 Å². The van der Waals surface area contributed by atoms with E-state index >= 15 is 0 Å². The number of rotatable bonds is 8. The van der Waals surface area contributed by atoms with Gasteiger partial charge in [0.2, 0.25) is 0 Å². The van der Waals surface area contributed by atoms with Crippen molar-refractivity contribution in [1.29, 1.82) is 0 Å². The predicted molar refractivity (Wildman–Crippen MR) is 60.1 cm³/mol. The monoisotopic (exact) mass is 240 g/mol. The van der Waals surface area contributed by atoms with Crippen molar-refractivity contribution in [3.05, 3.63) is 0 Å². The lowest BCUT2D eigenvalue weighted by Gasteiger charge is -2.03. The second-order valence-corrected chi connectivity index (χ2v) is 4.35. The average Bonchev–Trinajstić information content (AvgIpc) is 2.15. The molecule has 1 atom stereocenters. The number of carbonyl (C=O) groups excluding carboxylic acids is 1. The molecule has 0 amide bonds. The third-order valence-corrected chi connectivity index (χ3v) is 2.30. The summed E-state index contributed by atoms with van der Waals surface area (Å²) in [4.78, 5) is 10.6. The number of ether oxygens (including phenoxy) is 1. The Bertz CT molecular complexity index is 149. The van der Waals surface area contributed by atoms with Crippen LogP contribution in [0.25, 0.3) is 0 Å². The standard InChI is InChI=1S/C10H18Cl2O2/c1-9(12)6-4-2-3-5-7-14-10(13)8-11/h9H,2-8H2,1H3. The Hall–Kier alpha value is 0.0500. The molecule has 2 nitrogen and oxygen atoms in total. The maximum atomic E-state index is 10.6. The first-order chi connectivity index (χ1) is 6.66. The highest BCUT2D eigenvalue weighted by Gasteiger charge is 1.99. The van der Waals surface area contributed by atoms with Gasteiger partial charge in [0.05, 0.1) is 6.61 Å². The summed E-state index contributed by atoms with van der Waals surface area (Å²) in [5.74, 6) is -0.384. The first-order valence-corrected chi connectivity index (χ1v) is 5.99. The number of alkyl halides is 2. The highest BCUT2D eigenvalue weighted by Crippen LogP contribution is 2.09. The topological polar surface area (TPSA) is 26.3 Å². The van der Waals surface area contributed by atoms with E-state index in [0.29, 0.717) is 6.61 Å². The van der Waals surface area contributed by atoms with E-state index in [-0.39, 0.29) is 17.2 Å². The van der Waals surface area contributed by atoms with Crippen LogP contribution in [0.15, 0.2) is 0 Å². The summed E-state index contributed by atoms with van der Waals surface area (Å²) in [6, 6.07) is 0. The van der Waals surface area contributed by atoms with E-state index in [1.165, 1.54) is 0 Å². The van der Waals surface area contributed by atoms with Crippen molar-refractivity contribution >= 4 is 29.2 Å². The number of unbranched alkanes of at least 4 members (excludes halogenated alkanes) is 3. The smallest absolute Gasteiger partial charge is 0.320 e. The lowest BCUT2D eigenvalue weighted by Crippen LogP contribution is -2.06. The molecule has 1 unspecified atom stereocenters. The third kappa shape index (κ3) is 10.1. The number of carbonyl (C=O) groups is 1. The quantitative estimate of drug-likeness (QED) is 0.370. The fourth-order valence-electron chi connectivity index (χ4n) is 1.11. The van der Waals surface area contributed by atoms with E-state index in [1.54, 1.807) is 0 Å². The summed E-state index contributed by atoms with van der Waals surface area (Å²) in [7, 11) is 0. The summed E-state index contributed by atoms with van der Waals surface area (Å²) in [6.45, 7) is 2.49. The number of hydrogen-bond donors (Lipinski definition) is 0. The number of halogens is 2. The Morgan fingerprint density at radius 1 is 1.29 bits per heavy atom. The summed E-state index contributed by atoms with van der Waals surface area (Å²) < 4.78 is 4.82.